The molecule has 8 heteroatoms. The minimum atomic E-state index is -3.77. The second kappa shape index (κ2) is 5.78. The predicted molar refractivity (Wildman–Crippen MR) is 66.4 cm³/mol. The van der Waals surface area contributed by atoms with Crippen LogP contribution in [0.15, 0.2) is 18.3 Å². The molecule has 0 spiro atoms. The number of pyridine rings is 1. The van der Waals surface area contributed by atoms with Crippen LogP contribution in [0.3, 0.4) is 0 Å². The highest BCUT2D eigenvalue weighted by Gasteiger charge is 2.19. The van der Waals surface area contributed by atoms with Crippen molar-refractivity contribution in [2.24, 2.45) is 0 Å². The predicted octanol–water partition coefficient (Wildman–Crippen LogP) is 0.453. The van der Waals surface area contributed by atoms with E-state index in [4.69, 9.17) is 5.11 Å². The Labute approximate surface area is 106 Å². The van der Waals surface area contributed by atoms with Crippen LogP contribution in [0.25, 0.3) is 0 Å². The lowest BCUT2D eigenvalue weighted by Gasteiger charge is -2.17. The van der Waals surface area contributed by atoms with Gasteiger partial charge in [0, 0.05) is 19.8 Å². The fraction of sp³-hybridized carbons (Fsp3) is 0.400. The van der Waals surface area contributed by atoms with E-state index in [9.17, 15) is 13.2 Å². The molecule has 100 valence electrons. The van der Waals surface area contributed by atoms with Gasteiger partial charge in [0.1, 0.15) is 5.82 Å². The number of aryl methyl sites for hydroxylation is 1. The van der Waals surface area contributed by atoms with Gasteiger partial charge in [-0.05, 0) is 18.6 Å². The molecule has 0 saturated heterocycles. The van der Waals surface area contributed by atoms with Gasteiger partial charge in [-0.1, -0.05) is 6.07 Å². The van der Waals surface area contributed by atoms with E-state index in [1.165, 1.54) is 13.2 Å². The Morgan fingerprint density at radius 3 is 2.78 bits per heavy atom. The highest BCUT2D eigenvalue weighted by molar-refractivity contribution is 7.90. The molecule has 1 aromatic rings. The van der Waals surface area contributed by atoms with Crippen LogP contribution >= 0.6 is 0 Å². The van der Waals surface area contributed by atoms with Gasteiger partial charge in [0.2, 0.25) is 0 Å². The molecular weight excluding hydrogens is 258 g/mol. The Balaban J connectivity index is 2.76. The molecule has 1 heterocycles. The summed E-state index contributed by atoms with van der Waals surface area (Å²) in [6.07, 6.45) is 1.22. The number of carboxylic acid groups (broad SMARTS) is 1. The molecule has 1 rings (SSSR count). The van der Waals surface area contributed by atoms with Gasteiger partial charge < -0.3 is 5.11 Å². The third kappa shape index (κ3) is 3.97. The van der Waals surface area contributed by atoms with Gasteiger partial charge in [-0.2, -0.15) is 12.7 Å². The van der Waals surface area contributed by atoms with Crippen LogP contribution in [-0.4, -0.2) is 42.4 Å². The fourth-order valence-electron chi connectivity index (χ4n) is 1.17. The lowest BCUT2D eigenvalue weighted by atomic mass is 10.3. The molecule has 0 aliphatic heterocycles. The summed E-state index contributed by atoms with van der Waals surface area (Å²) in [5.74, 6) is -0.814. The van der Waals surface area contributed by atoms with E-state index in [0.717, 1.165) is 4.31 Å². The van der Waals surface area contributed by atoms with Gasteiger partial charge >= 0.3 is 16.2 Å². The number of hydrogen-bond acceptors (Lipinski definition) is 4. The molecule has 7 nitrogen and oxygen atoms in total. The second-order valence-corrected chi connectivity index (χ2v) is 5.52. The van der Waals surface area contributed by atoms with Crippen LogP contribution in [0.1, 0.15) is 12.0 Å². The Hall–Kier alpha value is -1.67. The first-order valence-electron chi connectivity index (χ1n) is 5.20. The summed E-state index contributed by atoms with van der Waals surface area (Å²) in [6, 6.07) is 3.42. The second-order valence-electron chi connectivity index (χ2n) is 3.74. The fourth-order valence-corrected chi connectivity index (χ4v) is 2.11. The highest BCUT2D eigenvalue weighted by atomic mass is 32.2. The smallest absolute Gasteiger partial charge is 0.304 e. The molecule has 0 fully saturated rings. The summed E-state index contributed by atoms with van der Waals surface area (Å²) in [5, 5.41) is 8.51. The van der Waals surface area contributed by atoms with E-state index >= 15 is 0 Å². The molecule has 0 unspecified atom stereocenters. The number of aromatic nitrogens is 1. The molecule has 0 aliphatic carbocycles. The number of aliphatic carboxylic acids is 1. The Kier molecular flexibility index (Phi) is 4.62. The molecule has 0 aliphatic rings. The largest absolute Gasteiger partial charge is 0.481 e. The van der Waals surface area contributed by atoms with Crippen LogP contribution in [-0.2, 0) is 15.0 Å². The summed E-state index contributed by atoms with van der Waals surface area (Å²) in [5.41, 5.74) is 0.688. The molecule has 2 N–H and O–H groups in total. The monoisotopic (exact) mass is 273 g/mol. The summed E-state index contributed by atoms with van der Waals surface area (Å²) in [7, 11) is -2.46. The van der Waals surface area contributed by atoms with Crippen LogP contribution in [0.4, 0.5) is 5.82 Å². The normalized spacial score (nSPS) is 11.5. The molecule has 0 bridgehead atoms. The van der Waals surface area contributed by atoms with E-state index in [-0.39, 0.29) is 18.8 Å². The Bertz CT molecular complexity index is 530. The van der Waals surface area contributed by atoms with Crippen LogP contribution in [0.2, 0.25) is 0 Å². The number of nitrogens with zero attached hydrogens (tertiary/aromatic N) is 2. The lowest BCUT2D eigenvalue weighted by molar-refractivity contribution is -0.137. The van der Waals surface area contributed by atoms with Crippen molar-refractivity contribution in [3.63, 3.8) is 0 Å². The van der Waals surface area contributed by atoms with E-state index < -0.39 is 16.2 Å². The maximum atomic E-state index is 11.8. The topological polar surface area (TPSA) is 99.6 Å². The maximum absolute atomic E-state index is 11.8. The van der Waals surface area contributed by atoms with Crippen molar-refractivity contribution in [2.75, 3.05) is 18.3 Å². The van der Waals surface area contributed by atoms with Crippen molar-refractivity contribution in [1.82, 2.24) is 9.29 Å². The van der Waals surface area contributed by atoms with Crippen molar-refractivity contribution >= 4 is 22.0 Å². The lowest BCUT2D eigenvalue weighted by Crippen LogP contribution is -2.34. The van der Waals surface area contributed by atoms with Gasteiger partial charge in [0.05, 0.1) is 6.42 Å². The summed E-state index contributed by atoms with van der Waals surface area (Å²) < 4.78 is 26.9. The average molecular weight is 273 g/mol. The molecule has 1 aromatic heterocycles. The summed E-state index contributed by atoms with van der Waals surface area (Å²) in [6.45, 7) is 1.62. The number of rotatable bonds is 6. The zero-order chi connectivity index (χ0) is 13.8. The first-order valence-corrected chi connectivity index (χ1v) is 6.64. The molecule has 18 heavy (non-hydrogen) atoms. The number of nitrogens with one attached hydrogen (secondary N) is 1. The van der Waals surface area contributed by atoms with Crippen molar-refractivity contribution < 1.29 is 18.3 Å². The van der Waals surface area contributed by atoms with Crippen molar-refractivity contribution in [3.8, 4) is 0 Å². The molecule has 0 radical (unpaired) electrons. The third-order valence-corrected chi connectivity index (χ3v) is 3.74. The molecule has 0 amide bonds. The molecule has 0 aromatic carbocycles. The zero-order valence-electron chi connectivity index (χ0n) is 10.1. The molecular formula is C10H15N3O4S. The summed E-state index contributed by atoms with van der Waals surface area (Å²) >= 11 is 0. The van der Waals surface area contributed by atoms with E-state index in [1.54, 1.807) is 19.1 Å². The standard InChI is InChI=1S/C10H15N3O4S/c1-8-4-3-6-11-10(8)12-18(16,17)13(2)7-5-9(14)15/h3-4,6H,5,7H2,1-2H3,(H,11,12)(H,14,15). The minimum absolute atomic E-state index is 0.101. The number of anilines is 1. The van der Waals surface area contributed by atoms with Gasteiger partial charge in [-0.25, -0.2) is 4.98 Å². The summed E-state index contributed by atoms with van der Waals surface area (Å²) in [4.78, 5) is 14.3. The first kappa shape index (κ1) is 14.4. The van der Waals surface area contributed by atoms with Crippen molar-refractivity contribution in [3.05, 3.63) is 23.9 Å². The van der Waals surface area contributed by atoms with Gasteiger partial charge in [-0.3, -0.25) is 9.52 Å². The SMILES string of the molecule is Cc1cccnc1NS(=O)(=O)N(C)CCC(=O)O. The van der Waals surface area contributed by atoms with E-state index in [0.29, 0.717) is 5.56 Å². The minimum Gasteiger partial charge on any atom is -0.481 e. The number of hydrogen-bond donors (Lipinski definition) is 2. The quantitative estimate of drug-likeness (QED) is 0.784. The van der Waals surface area contributed by atoms with Crippen molar-refractivity contribution in [1.29, 1.82) is 0 Å². The maximum Gasteiger partial charge on any atom is 0.304 e. The van der Waals surface area contributed by atoms with Gasteiger partial charge in [0.15, 0.2) is 0 Å². The Morgan fingerprint density at radius 2 is 2.22 bits per heavy atom. The van der Waals surface area contributed by atoms with Crippen LogP contribution < -0.4 is 4.72 Å². The van der Waals surface area contributed by atoms with E-state index in [1.807, 2.05) is 0 Å². The third-order valence-electron chi connectivity index (χ3n) is 2.29. The van der Waals surface area contributed by atoms with Crippen LogP contribution in [0.5, 0.6) is 0 Å². The molecule has 0 atom stereocenters. The van der Waals surface area contributed by atoms with E-state index in [2.05, 4.69) is 9.71 Å². The van der Waals surface area contributed by atoms with Crippen molar-refractivity contribution in [2.45, 2.75) is 13.3 Å². The first-order chi connectivity index (χ1) is 8.33. The van der Waals surface area contributed by atoms with Gasteiger partial charge in [0.25, 0.3) is 0 Å². The van der Waals surface area contributed by atoms with Gasteiger partial charge in [-0.15, -0.1) is 0 Å². The van der Waals surface area contributed by atoms with Crippen LogP contribution in [0, 0.1) is 6.92 Å². The number of carbonyl (C=O) groups is 1. The highest BCUT2D eigenvalue weighted by Crippen LogP contribution is 2.12. The molecule has 0 saturated carbocycles. The number of carboxylic acids is 1. The zero-order valence-corrected chi connectivity index (χ0v) is 10.9. The average Bonchev–Trinajstić information content (AvgIpc) is 2.28. The Morgan fingerprint density at radius 1 is 1.56 bits per heavy atom.